The van der Waals surface area contributed by atoms with Gasteiger partial charge < -0.3 is 9.64 Å². The van der Waals surface area contributed by atoms with Crippen LogP contribution in [0.3, 0.4) is 0 Å². The van der Waals surface area contributed by atoms with Crippen molar-refractivity contribution < 1.29 is 19.2 Å². The molecule has 0 radical (unpaired) electrons. The molecule has 1 heterocycles. The highest BCUT2D eigenvalue weighted by Gasteiger charge is 2.34. The predicted molar refractivity (Wildman–Crippen MR) is 100 cm³/mol. The van der Waals surface area contributed by atoms with Crippen molar-refractivity contribution in [1.82, 2.24) is 0 Å². The lowest BCUT2D eigenvalue weighted by atomic mass is 10.1. The Morgan fingerprint density at radius 2 is 2.00 bits per heavy atom. The fourth-order valence-corrected chi connectivity index (χ4v) is 3.34. The first kappa shape index (κ1) is 18.8. The van der Waals surface area contributed by atoms with Gasteiger partial charge in [0.1, 0.15) is 5.02 Å². The van der Waals surface area contributed by atoms with Gasteiger partial charge in [-0.15, -0.1) is 0 Å². The number of halogens is 1. The van der Waals surface area contributed by atoms with Crippen LogP contribution in [-0.2, 0) is 16.0 Å². The molecule has 1 aliphatic rings. The molecule has 0 unspecified atom stereocenters. The van der Waals surface area contributed by atoms with Crippen LogP contribution in [0.5, 0.6) is 0 Å². The van der Waals surface area contributed by atoms with Gasteiger partial charge in [0.25, 0.3) is 11.6 Å². The monoisotopic (exact) mass is 388 g/mol. The number of benzene rings is 2. The quantitative estimate of drug-likeness (QED) is 0.451. The summed E-state index contributed by atoms with van der Waals surface area (Å²) in [6, 6.07) is 11.1. The zero-order valence-corrected chi connectivity index (χ0v) is 15.5. The number of rotatable bonds is 4. The lowest BCUT2D eigenvalue weighted by molar-refractivity contribution is -0.384. The van der Waals surface area contributed by atoms with Crippen molar-refractivity contribution in [2.24, 2.45) is 0 Å². The average Bonchev–Trinajstić information content (AvgIpc) is 2.96. The first-order valence-corrected chi connectivity index (χ1v) is 8.73. The SMILES string of the molecule is C[C@@H]1Cc2ccccc2N1C(=O)[C@@H](C)OC(=O)c1ccc(Cl)c([N+](=O)[O-])c1. The number of esters is 1. The molecule has 2 atom stereocenters. The number of carbonyl (C=O) groups excluding carboxylic acids is 2. The Labute approximate surface area is 160 Å². The van der Waals surface area contributed by atoms with Crippen LogP contribution >= 0.6 is 11.6 Å². The van der Waals surface area contributed by atoms with Crippen LogP contribution in [-0.4, -0.2) is 28.9 Å². The zero-order chi connectivity index (χ0) is 19.7. The van der Waals surface area contributed by atoms with Crippen LogP contribution in [0.15, 0.2) is 42.5 Å². The summed E-state index contributed by atoms with van der Waals surface area (Å²) in [6.07, 6.45) is -0.313. The standard InChI is InChI=1S/C19H17ClN2O5/c1-11-9-13-5-3-4-6-16(13)21(11)18(23)12(2)27-19(24)14-7-8-15(20)17(10-14)22(25)26/h3-8,10-12H,9H2,1-2H3/t11-,12-/m1/s1. The molecule has 0 N–H and O–H groups in total. The maximum absolute atomic E-state index is 12.8. The van der Waals surface area contributed by atoms with Crippen molar-refractivity contribution in [2.45, 2.75) is 32.4 Å². The van der Waals surface area contributed by atoms with Crippen molar-refractivity contribution in [3.05, 3.63) is 68.7 Å². The lowest BCUT2D eigenvalue weighted by Gasteiger charge is -2.25. The van der Waals surface area contributed by atoms with Crippen LogP contribution in [0, 0.1) is 10.1 Å². The summed E-state index contributed by atoms with van der Waals surface area (Å²) < 4.78 is 5.25. The fourth-order valence-electron chi connectivity index (χ4n) is 3.16. The van der Waals surface area contributed by atoms with E-state index in [9.17, 15) is 19.7 Å². The molecule has 0 spiro atoms. The fraction of sp³-hybridized carbons (Fsp3) is 0.263. The third kappa shape index (κ3) is 3.64. The maximum Gasteiger partial charge on any atom is 0.339 e. The number of hydrogen-bond donors (Lipinski definition) is 0. The minimum absolute atomic E-state index is 0.0411. The summed E-state index contributed by atoms with van der Waals surface area (Å²) >= 11 is 5.75. The molecule has 0 aliphatic carbocycles. The Balaban J connectivity index is 1.76. The summed E-state index contributed by atoms with van der Waals surface area (Å²) in [4.78, 5) is 37.1. The summed E-state index contributed by atoms with van der Waals surface area (Å²) in [5.41, 5.74) is 1.43. The van der Waals surface area contributed by atoms with Gasteiger partial charge in [0.05, 0.1) is 10.5 Å². The molecule has 0 bridgehead atoms. The van der Waals surface area contributed by atoms with E-state index in [4.69, 9.17) is 16.3 Å². The normalized spacial score (nSPS) is 16.6. The molecule has 3 rings (SSSR count). The number of nitrogens with zero attached hydrogens (tertiary/aromatic N) is 2. The lowest BCUT2D eigenvalue weighted by Crippen LogP contribution is -2.43. The Morgan fingerprint density at radius 3 is 2.70 bits per heavy atom. The topological polar surface area (TPSA) is 89.8 Å². The van der Waals surface area contributed by atoms with E-state index < -0.39 is 22.7 Å². The molecule has 8 heteroatoms. The second-order valence-electron chi connectivity index (χ2n) is 6.36. The van der Waals surface area contributed by atoms with Crippen molar-refractivity contribution in [2.75, 3.05) is 4.90 Å². The highest BCUT2D eigenvalue weighted by Crippen LogP contribution is 2.32. The van der Waals surface area contributed by atoms with E-state index in [1.165, 1.54) is 19.1 Å². The molecule has 7 nitrogen and oxygen atoms in total. The predicted octanol–water partition coefficient (Wildman–Crippen LogP) is 3.77. The van der Waals surface area contributed by atoms with Crippen molar-refractivity contribution in [3.63, 3.8) is 0 Å². The molecule has 0 saturated carbocycles. The van der Waals surface area contributed by atoms with Gasteiger partial charge in [-0.3, -0.25) is 14.9 Å². The Bertz CT molecular complexity index is 930. The summed E-state index contributed by atoms with van der Waals surface area (Å²) in [5.74, 6) is -1.17. The minimum Gasteiger partial charge on any atom is -0.449 e. The largest absolute Gasteiger partial charge is 0.449 e. The molecule has 2 aromatic rings. The summed E-state index contributed by atoms with van der Waals surface area (Å²) in [6.45, 7) is 3.41. The smallest absolute Gasteiger partial charge is 0.339 e. The van der Waals surface area contributed by atoms with E-state index >= 15 is 0 Å². The van der Waals surface area contributed by atoms with Crippen molar-refractivity contribution >= 4 is 34.9 Å². The summed E-state index contributed by atoms with van der Waals surface area (Å²) in [5, 5.41) is 10.9. The number of para-hydroxylation sites is 1. The molecule has 2 aromatic carbocycles. The first-order valence-electron chi connectivity index (χ1n) is 8.35. The van der Waals surface area contributed by atoms with Crippen molar-refractivity contribution in [1.29, 1.82) is 0 Å². The Morgan fingerprint density at radius 1 is 1.30 bits per heavy atom. The van der Waals surface area contributed by atoms with Crippen LogP contribution < -0.4 is 4.90 Å². The van der Waals surface area contributed by atoms with Gasteiger partial charge in [-0.2, -0.15) is 0 Å². The van der Waals surface area contributed by atoms with Gasteiger partial charge in [0.15, 0.2) is 6.10 Å². The molecule has 0 aromatic heterocycles. The van der Waals surface area contributed by atoms with Gasteiger partial charge in [-0.1, -0.05) is 29.8 Å². The molecule has 0 saturated heterocycles. The number of hydrogen-bond acceptors (Lipinski definition) is 5. The number of carbonyl (C=O) groups is 2. The van der Waals surface area contributed by atoms with E-state index in [1.54, 1.807) is 4.90 Å². The van der Waals surface area contributed by atoms with E-state index in [1.807, 2.05) is 31.2 Å². The molecule has 0 fully saturated rings. The van der Waals surface area contributed by atoms with Gasteiger partial charge in [-0.25, -0.2) is 4.79 Å². The highest BCUT2D eigenvalue weighted by atomic mass is 35.5. The average molecular weight is 389 g/mol. The Kier molecular flexibility index (Phi) is 5.14. The number of ether oxygens (including phenoxy) is 1. The van der Waals surface area contributed by atoms with Crippen LogP contribution in [0.4, 0.5) is 11.4 Å². The van der Waals surface area contributed by atoms with Gasteiger partial charge >= 0.3 is 5.97 Å². The molecule has 1 amide bonds. The van der Waals surface area contributed by atoms with E-state index in [0.717, 1.165) is 23.7 Å². The highest BCUT2D eigenvalue weighted by molar-refractivity contribution is 6.32. The molecule has 140 valence electrons. The number of fused-ring (bicyclic) bond motifs is 1. The second-order valence-corrected chi connectivity index (χ2v) is 6.77. The second kappa shape index (κ2) is 7.36. The van der Waals surface area contributed by atoms with Gasteiger partial charge in [0, 0.05) is 17.8 Å². The molecular weight excluding hydrogens is 372 g/mol. The number of anilines is 1. The van der Waals surface area contributed by atoms with Gasteiger partial charge in [0.2, 0.25) is 0 Å². The van der Waals surface area contributed by atoms with Crippen LogP contribution in [0.2, 0.25) is 5.02 Å². The van der Waals surface area contributed by atoms with Crippen LogP contribution in [0.1, 0.15) is 29.8 Å². The Hall–Kier alpha value is -2.93. The number of nitro groups is 1. The van der Waals surface area contributed by atoms with Crippen molar-refractivity contribution in [3.8, 4) is 0 Å². The molecule has 1 aliphatic heterocycles. The summed E-state index contributed by atoms with van der Waals surface area (Å²) in [7, 11) is 0. The number of nitro benzene ring substituents is 1. The van der Waals surface area contributed by atoms with Gasteiger partial charge in [-0.05, 0) is 44.0 Å². The zero-order valence-electron chi connectivity index (χ0n) is 14.7. The van der Waals surface area contributed by atoms with Crippen LogP contribution in [0.25, 0.3) is 0 Å². The third-order valence-electron chi connectivity index (χ3n) is 4.45. The van der Waals surface area contributed by atoms with E-state index in [-0.39, 0.29) is 22.5 Å². The molecule has 27 heavy (non-hydrogen) atoms. The van der Waals surface area contributed by atoms with E-state index in [2.05, 4.69) is 0 Å². The molecular formula is C19H17ClN2O5. The third-order valence-corrected chi connectivity index (χ3v) is 4.77. The number of amides is 1. The first-order chi connectivity index (χ1) is 12.8. The minimum atomic E-state index is -1.04. The van der Waals surface area contributed by atoms with E-state index in [0.29, 0.717) is 0 Å². The maximum atomic E-state index is 12.8.